The van der Waals surface area contributed by atoms with E-state index in [9.17, 15) is 71.1 Å². The lowest BCUT2D eigenvalue weighted by Crippen LogP contribution is -2.61. The molecule has 0 aromatic heterocycles. The Hall–Kier alpha value is -2.04. The lowest BCUT2D eigenvalue weighted by Gasteiger charge is -2.33. The number of amides is 1. The fourth-order valence-corrected chi connectivity index (χ4v) is 2.45. The van der Waals surface area contributed by atoms with E-state index >= 15 is 0 Å². The topological polar surface area (TPSA) is 55.4 Å². The number of hydrogen-bond acceptors (Lipinski definition) is 3. The summed E-state index contributed by atoms with van der Waals surface area (Å²) in [5.74, 6) is -32.4. The Balaban J connectivity index is 2.73. The van der Waals surface area contributed by atoms with Crippen LogP contribution in [0.5, 0.6) is 0 Å². The minimum atomic E-state index is -6.82. The van der Waals surface area contributed by atoms with E-state index in [1.54, 1.807) is 0 Å². The van der Waals surface area contributed by atoms with Crippen LogP contribution in [0.2, 0.25) is 0 Å². The Morgan fingerprint density at radius 1 is 0.625 bits per heavy atom. The third kappa shape index (κ3) is 4.97. The molecule has 1 aliphatic rings. The van der Waals surface area contributed by atoms with Gasteiger partial charge in [0.1, 0.15) is 6.10 Å². The maximum atomic E-state index is 13.2. The van der Waals surface area contributed by atoms with E-state index in [2.05, 4.69) is 4.74 Å². The standard InChI is InChI=1S/C14H11F14NO3/c15-9(16,11(19,20)13(23,24)25)7(30)29-5-1-3-6(4-2-5)32-8(31)10(17,18)12(21,22)14(26,27)28/h5-6H,1-4H2,(H,29,30). The molecule has 0 bridgehead atoms. The largest absolute Gasteiger partial charge is 0.460 e. The van der Waals surface area contributed by atoms with Gasteiger partial charge in [-0.2, -0.15) is 61.5 Å². The monoisotopic (exact) mass is 507 g/mol. The lowest BCUT2D eigenvalue weighted by atomic mass is 9.92. The molecule has 0 radical (unpaired) electrons. The van der Waals surface area contributed by atoms with Crippen molar-refractivity contribution in [1.82, 2.24) is 5.32 Å². The van der Waals surface area contributed by atoms with Crippen molar-refractivity contribution in [2.45, 2.75) is 73.9 Å². The van der Waals surface area contributed by atoms with Crippen LogP contribution >= 0.6 is 0 Å². The zero-order valence-electron chi connectivity index (χ0n) is 15.0. The molecular formula is C14H11F14NO3. The van der Waals surface area contributed by atoms with Crippen LogP contribution in [-0.2, 0) is 14.3 Å². The van der Waals surface area contributed by atoms with Gasteiger partial charge in [0.05, 0.1) is 0 Å². The number of esters is 1. The molecule has 18 heteroatoms. The van der Waals surface area contributed by atoms with Gasteiger partial charge in [-0.15, -0.1) is 0 Å². The second-order valence-corrected chi connectivity index (χ2v) is 6.65. The molecule has 188 valence electrons. The molecule has 1 amide bonds. The normalized spacial score (nSPS) is 21.8. The molecular weight excluding hydrogens is 496 g/mol. The van der Waals surface area contributed by atoms with Crippen LogP contribution in [0.25, 0.3) is 0 Å². The van der Waals surface area contributed by atoms with Crippen molar-refractivity contribution in [2.75, 3.05) is 0 Å². The number of carbonyl (C=O) groups is 2. The number of rotatable bonds is 6. The third-order valence-corrected chi connectivity index (χ3v) is 4.33. The van der Waals surface area contributed by atoms with Crippen LogP contribution in [-0.4, -0.2) is 60.1 Å². The number of nitrogens with one attached hydrogen (secondary N) is 1. The molecule has 0 aromatic rings. The van der Waals surface area contributed by atoms with E-state index in [0.29, 0.717) is 0 Å². The Kier molecular flexibility index (Phi) is 7.34. The Morgan fingerprint density at radius 2 is 1.00 bits per heavy atom. The maximum absolute atomic E-state index is 13.2. The first-order valence-corrected chi connectivity index (χ1v) is 8.17. The van der Waals surface area contributed by atoms with Crippen molar-refractivity contribution in [2.24, 2.45) is 0 Å². The van der Waals surface area contributed by atoms with E-state index in [-0.39, 0.29) is 0 Å². The molecule has 1 saturated carbocycles. The van der Waals surface area contributed by atoms with Crippen LogP contribution in [0.3, 0.4) is 0 Å². The van der Waals surface area contributed by atoms with Crippen molar-refractivity contribution < 1.29 is 75.8 Å². The first-order valence-electron chi connectivity index (χ1n) is 8.17. The van der Waals surface area contributed by atoms with E-state index in [1.165, 1.54) is 0 Å². The van der Waals surface area contributed by atoms with Crippen LogP contribution in [0.15, 0.2) is 0 Å². The van der Waals surface area contributed by atoms with Gasteiger partial charge in [0.15, 0.2) is 0 Å². The average molecular weight is 507 g/mol. The number of carbonyl (C=O) groups excluding carboxylic acids is 2. The molecule has 0 unspecified atom stereocenters. The summed E-state index contributed by atoms with van der Waals surface area (Å²) in [4.78, 5) is 22.3. The molecule has 4 nitrogen and oxygen atoms in total. The van der Waals surface area contributed by atoms with Crippen molar-refractivity contribution in [3.8, 4) is 0 Å². The van der Waals surface area contributed by atoms with Gasteiger partial charge in [0.25, 0.3) is 5.91 Å². The van der Waals surface area contributed by atoms with Crippen LogP contribution < -0.4 is 5.32 Å². The second-order valence-electron chi connectivity index (χ2n) is 6.65. The zero-order chi connectivity index (χ0) is 25.6. The van der Waals surface area contributed by atoms with Crippen molar-refractivity contribution in [3.63, 3.8) is 0 Å². The lowest BCUT2D eigenvalue weighted by molar-refractivity contribution is -0.349. The van der Waals surface area contributed by atoms with Crippen LogP contribution in [0.4, 0.5) is 61.5 Å². The highest BCUT2D eigenvalue weighted by Gasteiger charge is 2.78. The van der Waals surface area contributed by atoms with Gasteiger partial charge >= 0.3 is 42.0 Å². The van der Waals surface area contributed by atoms with Gasteiger partial charge in [-0.25, -0.2) is 4.79 Å². The predicted molar refractivity (Wildman–Crippen MR) is 72.2 cm³/mol. The summed E-state index contributed by atoms with van der Waals surface area (Å²) in [6.45, 7) is 0. The summed E-state index contributed by atoms with van der Waals surface area (Å²) < 4.78 is 180. The van der Waals surface area contributed by atoms with Gasteiger partial charge < -0.3 is 10.1 Å². The SMILES string of the molecule is O=C(NC1CCC(OC(=O)C(F)(F)C(F)(F)C(F)(F)F)CC1)C(F)(F)C(F)(F)C(F)(F)F. The van der Waals surface area contributed by atoms with E-state index in [1.807, 2.05) is 0 Å². The molecule has 0 spiro atoms. The number of ether oxygens (including phenoxy) is 1. The average Bonchev–Trinajstić information content (AvgIpc) is 2.60. The fourth-order valence-electron chi connectivity index (χ4n) is 2.45. The minimum absolute atomic E-state index is 0.668. The quantitative estimate of drug-likeness (QED) is 0.422. The highest BCUT2D eigenvalue weighted by atomic mass is 19.4. The molecule has 1 fully saturated rings. The smallest absolute Gasteiger partial charge is 0.458 e. The number of hydrogen-bond donors (Lipinski definition) is 1. The summed E-state index contributed by atoms with van der Waals surface area (Å²) in [7, 11) is 0. The summed E-state index contributed by atoms with van der Waals surface area (Å²) in [5.41, 5.74) is 0. The van der Waals surface area contributed by atoms with Gasteiger partial charge in [-0.1, -0.05) is 0 Å². The Morgan fingerprint density at radius 3 is 1.38 bits per heavy atom. The molecule has 1 rings (SSSR count). The van der Waals surface area contributed by atoms with E-state index in [0.717, 1.165) is 5.32 Å². The molecule has 0 aromatic carbocycles. The third-order valence-electron chi connectivity index (χ3n) is 4.33. The van der Waals surface area contributed by atoms with Gasteiger partial charge in [-0.05, 0) is 25.7 Å². The second kappa shape index (κ2) is 8.39. The van der Waals surface area contributed by atoms with Crippen molar-refractivity contribution in [1.29, 1.82) is 0 Å². The Bertz CT molecular complexity index is 646. The van der Waals surface area contributed by atoms with Crippen molar-refractivity contribution in [3.05, 3.63) is 0 Å². The molecule has 0 heterocycles. The number of halogens is 14. The highest BCUT2D eigenvalue weighted by molar-refractivity contribution is 5.85. The maximum Gasteiger partial charge on any atom is 0.460 e. The zero-order valence-corrected chi connectivity index (χ0v) is 15.0. The molecule has 0 aliphatic heterocycles. The number of alkyl halides is 14. The molecule has 32 heavy (non-hydrogen) atoms. The van der Waals surface area contributed by atoms with Gasteiger partial charge in [0, 0.05) is 6.04 Å². The Labute approximate surface area is 168 Å². The summed E-state index contributed by atoms with van der Waals surface area (Å²) in [6, 6.07) is -1.55. The summed E-state index contributed by atoms with van der Waals surface area (Å²) >= 11 is 0. The highest BCUT2D eigenvalue weighted by Crippen LogP contribution is 2.48. The molecule has 0 saturated heterocycles. The minimum Gasteiger partial charge on any atom is -0.458 e. The fraction of sp³-hybridized carbons (Fsp3) is 0.857. The first kappa shape index (κ1) is 28.0. The van der Waals surface area contributed by atoms with Crippen molar-refractivity contribution >= 4 is 11.9 Å². The molecule has 1 N–H and O–H groups in total. The van der Waals surface area contributed by atoms with Crippen LogP contribution in [0, 0.1) is 0 Å². The van der Waals surface area contributed by atoms with E-state index in [4.69, 9.17) is 0 Å². The van der Waals surface area contributed by atoms with Crippen LogP contribution in [0.1, 0.15) is 25.7 Å². The molecule has 0 atom stereocenters. The first-order chi connectivity index (χ1) is 14.0. The summed E-state index contributed by atoms with van der Waals surface area (Å²) in [6.07, 6.45) is -18.1. The summed E-state index contributed by atoms with van der Waals surface area (Å²) in [5, 5.41) is 1.16. The van der Waals surface area contributed by atoms with Gasteiger partial charge in [0.2, 0.25) is 0 Å². The predicted octanol–water partition coefficient (Wildman–Crippen LogP) is 4.62. The van der Waals surface area contributed by atoms with Gasteiger partial charge in [-0.3, -0.25) is 4.79 Å². The van der Waals surface area contributed by atoms with E-state index < -0.39 is 85.7 Å². The molecule has 1 aliphatic carbocycles.